The second kappa shape index (κ2) is 19.0. The van der Waals surface area contributed by atoms with Crippen LogP contribution < -0.4 is 10.6 Å². The third kappa shape index (κ3) is 14.0. The molecule has 5 heteroatoms. The summed E-state index contributed by atoms with van der Waals surface area (Å²) in [6.45, 7) is 15.2. The summed E-state index contributed by atoms with van der Waals surface area (Å²) >= 11 is 0. The van der Waals surface area contributed by atoms with Crippen LogP contribution in [0.4, 0.5) is 0 Å². The van der Waals surface area contributed by atoms with Gasteiger partial charge in [0.2, 0.25) is 0 Å². The zero-order valence-corrected chi connectivity index (χ0v) is 19.7. The van der Waals surface area contributed by atoms with E-state index >= 15 is 0 Å². The maximum Gasteiger partial charge on any atom is 0.0331 e. The number of allylic oxidation sites excluding steroid dienone is 4. The molecule has 0 saturated carbocycles. The van der Waals surface area contributed by atoms with E-state index in [4.69, 9.17) is 0 Å². The third-order valence-electron chi connectivity index (χ3n) is 4.46. The Balaban J connectivity index is -0.000000347. The van der Waals surface area contributed by atoms with Crippen molar-refractivity contribution >= 4 is 25.2 Å². The Hall–Kier alpha value is -2.03. The fraction of sp³-hybridized carbons (Fsp3) is 0.440. The summed E-state index contributed by atoms with van der Waals surface area (Å²) in [6, 6.07) is 10.5. The molecule has 0 saturated heterocycles. The van der Waals surface area contributed by atoms with Gasteiger partial charge in [0.1, 0.15) is 0 Å². The van der Waals surface area contributed by atoms with Gasteiger partial charge in [-0.2, -0.15) is 0 Å². The number of hydrogen-bond acceptors (Lipinski definition) is 2. The van der Waals surface area contributed by atoms with E-state index in [0.717, 1.165) is 13.1 Å². The molecule has 0 spiro atoms. The molecule has 0 unspecified atom stereocenters. The summed E-state index contributed by atoms with van der Waals surface area (Å²) < 4.78 is 0. The van der Waals surface area contributed by atoms with Crippen LogP contribution in [0.2, 0.25) is 0 Å². The Labute approximate surface area is 192 Å². The van der Waals surface area contributed by atoms with Gasteiger partial charge in [0, 0.05) is 44.5 Å². The van der Waals surface area contributed by atoms with Crippen LogP contribution in [0, 0.1) is 11.8 Å². The van der Waals surface area contributed by atoms with E-state index in [1.165, 1.54) is 16.7 Å². The van der Waals surface area contributed by atoms with Gasteiger partial charge < -0.3 is 10.6 Å². The van der Waals surface area contributed by atoms with E-state index in [9.17, 15) is 0 Å². The molecule has 0 aromatic heterocycles. The van der Waals surface area contributed by atoms with Crippen molar-refractivity contribution < 1.29 is 0 Å². The van der Waals surface area contributed by atoms with E-state index < -0.39 is 0 Å². The van der Waals surface area contributed by atoms with Gasteiger partial charge in [-0.3, -0.25) is 0 Å². The number of rotatable bonds is 3. The maximum absolute atomic E-state index is 3.17. The van der Waals surface area contributed by atoms with Crippen LogP contribution in [0.3, 0.4) is 0 Å². The van der Waals surface area contributed by atoms with E-state index in [1.54, 1.807) is 0 Å². The summed E-state index contributed by atoms with van der Waals surface area (Å²) in [5.74, 6) is 1.98. The molecule has 2 heterocycles. The van der Waals surface area contributed by atoms with Crippen LogP contribution in [0.15, 0.2) is 78.2 Å². The first kappa shape index (κ1) is 32.6. The van der Waals surface area contributed by atoms with Gasteiger partial charge >= 0.3 is 0 Å². The molecular formula is C25H38B3N2. The average molecular weight is 399 g/mol. The summed E-state index contributed by atoms with van der Waals surface area (Å²) in [7, 11) is 0. The number of benzene rings is 1. The number of dihydropyridines is 2. The van der Waals surface area contributed by atoms with Crippen LogP contribution in [-0.2, 0) is 0 Å². The molecule has 2 N–H and O–H groups in total. The second-order valence-corrected chi connectivity index (χ2v) is 7.78. The van der Waals surface area contributed by atoms with Gasteiger partial charge in [0.05, 0.1) is 0 Å². The molecule has 2 aliphatic heterocycles. The van der Waals surface area contributed by atoms with E-state index in [-0.39, 0.29) is 25.2 Å². The van der Waals surface area contributed by atoms with Crippen molar-refractivity contribution in [2.24, 2.45) is 11.8 Å². The first-order chi connectivity index (χ1) is 12.9. The highest BCUT2D eigenvalue weighted by Gasteiger charge is 2.00. The molecule has 1 aromatic carbocycles. The van der Waals surface area contributed by atoms with Gasteiger partial charge in [-0.25, -0.2) is 0 Å². The summed E-state index contributed by atoms with van der Waals surface area (Å²) in [5.41, 5.74) is 4.24. The van der Waals surface area contributed by atoms with Crippen molar-refractivity contribution in [1.82, 2.24) is 10.6 Å². The Morgan fingerprint density at radius 1 is 0.667 bits per heavy atom. The lowest BCUT2D eigenvalue weighted by molar-refractivity contribution is 0.765. The number of nitrogens with one attached hydrogen (secondary N) is 2. The first-order valence-electron chi connectivity index (χ1n) is 10.2. The monoisotopic (exact) mass is 399 g/mol. The lowest BCUT2D eigenvalue weighted by Crippen LogP contribution is -2.11. The predicted molar refractivity (Wildman–Crippen MR) is 138 cm³/mol. The van der Waals surface area contributed by atoms with Crippen molar-refractivity contribution in [3.05, 3.63) is 83.7 Å². The average Bonchev–Trinajstić information content (AvgIpc) is 2.71. The van der Waals surface area contributed by atoms with Gasteiger partial charge in [0.15, 0.2) is 0 Å². The van der Waals surface area contributed by atoms with E-state index in [0.29, 0.717) is 17.8 Å². The van der Waals surface area contributed by atoms with Gasteiger partial charge in [-0.05, 0) is 46.7 Å². The largest absolute Gasteiger partial charge is 0.387 e. The van der Waals surface area contributed by atoms with Gasteiger partial charge in [-0.15, -0.1) is 0 Å². The molecule has 0 bridgehead atoms. The topological polar surface area (TPSA) is 24.1 Å². The summed E-state index contributed by atoms with van der Waals surface area (Å²) in [5, 5.41) is 6.28. The zero-order valence-electron chi connectivity index (χ0n) is 19.7. The normalized spacial score (nSPS) is 13.5. The lowest BCUT2D eigenvalue weighted by Gasteiger charge is -2.10. The molecule has 30 heavy (non-hydrogen) atoms. The molecule has 0 amide bonds. The third-order valence-corrected chi connectivity index (χ3v) is 4.46. The molecule has 0 aliphatic carbocycles. The number of hydrogen-bond donors (Lipinski definition) is 2. The van der Waals surface area contributed by atoms with Crippen LogP contribution >= 0.6 is 0 Å². The Kier molecular flexibility index (Phi) is 20.6. The second-order valence-electron chi connectivity index (χ2n) is 7.78. The van der Waals surface area contributed by atoms with Crippen molar-refractivity contribution in [2.45, 2.75) is 47.5 Å². The molecule has 2 aliphatic rings. The van der Waals surface area contributed by atoms with Gasteiger partial charge in [-0.1, -0.05) is 90.1 Å². The van der Waals surface area contributed by atoms with Crippen LogP contribution in [-0.4, -0.2) is 38.3 Å². The van der Waals surface area contributed by atoms with Crippen molar-refractivity contribution in [3.63, 3.8) is 0 Å². The molecular weight excluding hydrogens is 361 g/mol. The van der Waals surface area contributed by atoms with Crippen LogP contribution in [0.5, 0.6) is 0 Å². The maximum atomic E-state index is 3.17. The molecule has 9 radical (unpaired) electrons. The molecule has 3 rings (SSSR count). The highest BCUT2D eigenvalue weighted by molar-refractivity contribution is 5.76. The van der Waals surface area contributed by atoms with Crippen LogP contribution in [0.1, 0.15) is 53.0 Å². The highest BCUT2D eigenvalue weighted by atomic mass is 14.8. The SMILES string of the molecule is CC(C)C1=CCNC=C1.CC(C)C1=CNCC=C1.CC(C)c1ccccc1.[B].[B].[B]. The summed E-state index contributed by atoms with van der Waals surface area (Å²) in [6.07, 6.45) is 12.8. The minimum absolute atomic E-state index is 0. The Bertz CT molecular complexity index is 610. The predicted octanol–water partition coefficient (Wildman–Crippen LogP) is 5.04. The van der Waals surface area contributed by atoms with Gasteiger partial charge in [0.25, 0.3) is 0 Å². The van der Waals surface area contributed by atoms with Crippen LogP contribution in [0.25, 0.3) is 0 Å². The fourth-order valence-corrected chi connectivity index (χ4v) is 2.58. The van der Waals surface area contributed by atoms with Crippen molar-refractivity contribution in [2.75, 3.05) is 13.1 Å². The fourth-order valence-electron chi connectivity index (χ4n) is 2.58. The molecule has 1 aromatic rings. The standard InChI is InChI=1S/C9H12.2C8H13N.3B/c1-8(2)9-6-4-3-5-7-9;1-7(2)8-3-5-9-6-4-8;1-7(2)8-4-3-5-9-6-8;;;/h3-8H,1-2H3;3-5,7,9H,6H2,1-2H3;3-4,6-7,9H,5H2,1-2H3;;;. The zero-order chi connectivity index (χ0) is 20.1. The minimum atomic E-state index is 0. The lowest BCUT2D eigenvalue weighted by atomic mass is 10.0. The smallest absolute Gasteiger partial charge is 0.0331 e. The molecule has 157 valence electrons. The quantitative estimate of drug-likeness (QED) is 0.697. The highest BCUT2D eigenvalue weighted by Crippen LogP contribution is 2.12. The summed E-state index contributed by atoms with van der Waals surface area (Å²) in [4.78, 5) is 0. The van der Waals surface area contributed by atoms with Crippen molar-refractivity contribution in [1.29, 1.82) is 0 Å². The molecule has 0 atom stereocenters. The molecule has 0 fully saturated rings. The Morgan fingerprint density at radius 2 is 1.27 bits per heavy atom. The van der Waals surface area contributed by atoms with E-state index in [1.807, 2.05) is 12.3 Å². The molecule has 2 nitrogen and oxygen atoms in total. The van der Waals surface area contributed by atoms with E-state index in [2.05, 4.69) is 107 Å². The Morgan fingerprint density at radius 3 is 1.57 bits per heavy atom. The minimum Gasteiger partial charge on any atom is -0.387 e. The first-order valence-corrected chi connectivity index (χ1v) is 10.2. The van der Waals surface area contributed by atoms with Crippen molar-refractivity contribution in [3.8, 4) is 0 Å².